The smallest absolute Gasteiger partial charge is 0.240 e. The van der Waals surface area contributed by atoms with E-state index in [1.54, 1.807) is 4.90 Å². The molecule has 6 rings (SSSR count). The Kier molecular flexibility index (Phi) is 4.84. The summed E-state index contributed by atoms with van der Waals surface area (Å²) in [6.45, 7) is 2.62. The minimum atomic E-state index is -0.976. The van der Waals surface area contributed by atoms with Crippen LogP contribution in [0, 0.1) is 23.2 Å². The van der Waals surface area contributed by atoms with Gasteiger partial charge in [-0.05, 0) is 53.3 Å². The normalized spacial score (nSPS) is 32.9. The van der Waals surface area contributed by atoms with Gasteiger partial charge in [-0.3, -0.25) is 14.8 Å². The SMILES string of the molecule is CC1C2[C@@]1(C(=O)N1CC[C@H](F)C1)SC(N)=N[C@@]21Cc2ccc(/C=C(\F)c3ccc(C#N)cn3)cc21. The molecule has 1 saturated heterocycles. The number of likely N-dealkylation sites (tertiary alicyclic amines) is 1. The Morgan fingerprint density at radius 3 is 2.89 bits per heavy atom. The van der Waals surface area contributed by atoms with Crippen LogP contribution >= 0.6 is 11.8 Å². The first-order valence-electron chi connectivity index (χ1n) is 11.6. The minimum absolute atomic E-state index is 0.0374. The maximum absolute atomic E-state index is 14.9. The highest BCUT2D eigenvalue weighted by molar-refractivity contribution is 8.15. The zero-order valence-electron chi connectivity index (χ0n) is 19.0. The van der Waals surface area contributed by atoms with E-state index in [-0.39, 0.29) is 30.0 Å². The Hall–Kier alpha value is -3.25. The summed E-state index contributed by atoms with van der Waals surface area (Å²) in [6, 6.07) is 10.7. The monoisotopic (exact) mass is 491 g/mol. The molecule has 3 heterocycles. The third-order valence-corrected chi connectivity index (χ3v) is 9.31. The molecule has 1 spiro atoms. The van der Waals surface area contributed by atoms with Gasteiger partial charge in [0.25, 0.3) is 0 Å². The summed E-state index contributed by atoms with van der Waals surface area (Å²) in [5, 5.41) is 9.28. The second kappa shape index (κ2) is 7.62. The molecule has 0 radical (unpaired) electrons. The molecule has 1 saturated carbocycles. The number of alkyl halides is 1. The molecule has 2 aromatic rings. The van der Waals surface area contributed by atoms with Crippen LogP contribution in [0.5, 0.6) is 0 Å². The van der Waals surface area contributed by atoms with E-state index in [0.717, 1.165) is 11.1 Å². The number of pyridine rings is 1. The Balaban J connectivity index is 1.33. The summed E-state index contributed by atoms with van der Waals surface area (Å²) in [5.74, 6) is -0.561. The first-order chi connectivity index (χ1) is 16.8. The van der Waals surface area contributed by atoms with Crippen LogP contribution in [0.1, 0.15) is 41.3 Å². The Bertz CT molecular complexity index is 1350. The average molecular weight is 492 g/mol. The molecule has 178 valence electrons. The predicted octanol–water partition coefficient (Wildman–Crippen LogP) is 3.81. The number of hydrogen-bond donors (Lipinski definition) is 1. The van der Waals surface area contributed by atoms with Crippen molar-refractivity contribution in [3.63, 3.8) is 0 Å². The largest absolute Gasteiger partial charge is 0.378 e. The van der Waals surface area contributed by atoms with Gasteiger partial charge in [0.1, 0.15) is 22.8 Å². The van der Waals surface area contributed by atoms with Gasteiger partial charge in [-0.1, -0.05) is 30.8 Å². The van der Waals surface area contributed by atoms with Gasteiger partial charge in [0.2, 0.25) is 5.91 Å². The predicted molar refractivity (Wildman–Crippen MR) is 130 cm³/mol. The number of aliphatic imine (C=N–C) groups is 1. The van der Waals surface area contributed by atoms with Crippen LogP contribution in [0.25, 0.3) is 11.9 Å². The van der Waals surface area contributed by atoms with E-state index in [1.165, 1.54) is 36.2 Å². The van der Waals surface area contributed by atoms with E-state index in [9.17, 15) is 13.6 Å². The molecule has 4 aliphatic rings. The molecular formula is C26H23F2N5OS. The maximum Gasteiger partial charge on any atom is 0.240 e. The number of carbonyl (C=O) groups excluding carboxylic acids is 1. The molecule has 2 N–H and O–H groups in total. The lowest BCUT2D eigenvalue weighted by Gasteiger charge is -2.45. The van der Waals surface area contributed by atoms with Crippen molar-refractivity contribution in [2.75, 3.05) is 13.1 Å². The van der Waals surface area contributed by atoms with Crippen molar-refractivity contribution >= 4 is 34.7 Å². The highest BCUT2D eigenvalue weighted by Gasteiger charge is 2.79. The van der Waals surface area contributed by atoms with Gasteiger partial charge in [0.05, 0.1) is 23.3 Å². The zero-order chi connectivity index (χ0) is 24.5. The van der Waals surface area contributed by atoms with E-state index in [4.69, 9.17) is 16.0 Å². The lowest BCUT2D eigenvalue weighted by atomic mass is 9.66. The molecule has 2 aliphatic heterocycles. The fraction of sp³-hybridized carbons (Fsp3) is 0.385. The van der Waals surface area contributed by atoms with Crippen LogP contribution in [-0.4, -0.2) is 45.0 Å². The number of hydrogen-bond acceptors (Lipinski definition) is 6. The number of amidine groups is 1. The highest BCUT2D eigenvalue weighted by atomic mass is 32.2. The third-order valence-electron chi connectivity index (χ3n) is 7.87. The van der Waals surface area contributed by atoms with Crippen molar-refractivity contribution in [1.82, 2.24) is 9.88 Å². The number of halogens is 2. The van der Waals surface area contributed by atoms with Gasteiger partial charge in [0.15, 0.2) is 5.17 Å². The first-order valence-corrected chi connectivity index (χ1v) is 12.4. The molecule has 5 atom stereocenters. The van der Waals surface area contributed by atoms with E-state index in [1.807, 2.05) is 31.2 Å². The second-order valence-electron chi connectivity index (χ2n) is 9.80. The number of thioether (sulfide) groups is 1. The molecule has 9 heteroatoms. The van der Waals surface area contributed by atoms with Gasteiger partial charge in [-0.2, -0.15) is 5.26 Å². The van der Waals surface area contributed by atoms with Gasteiger partial charge in [0, 0.05) is 25.1 Å². The van der Waals surface area contributed by atoms with E-state index in [2.05, 4.69) is 4.98 Å². The molecule has 1 amide bonds. The molecule has 2 unspecified atom stereocenters. The minimum Gasteiger partial charge on any atom is -0.378 e. The van der Waals surface area contributed by atoms with Crippen LogP contribution in [0.2, 0.25) is 0 Å². The van der Waals surface area contributed by atoms with Crippen LogP contribution in [-0.2, 0) is 16.8 Å². The molecule has 0 bridgehead atoms. The molecular weight excluding hydrogens is 468 g/mol. The molecule has 2 aliphatic carbocycles. The summed E-state index contributed by atoms with van der Waals surface area (Å²) in [6.07, 6.45) is 2.81. The quantitative estimate of drug-likeness (QED) is 0.705. The van der Waals surface area contributed by atoms with Crippen LogP contribution in [0.4, 0.5) is 8.78 Å². The summed E-state index contributed by atoms with van der Waals surface area (Å²) in [7, 11) is 0. The summed E-state index contributed by atoms with van der Waals surface area (Å²) < 4.78 is 28.0. The highest BCUT2D eigenvalue weighted by Crippen LogP contribution is 2.73. The van der Waals surface area contributed by atoms with E-state index >= 15 is 0 Å². The van der Waals surface area contributed by atoms with Crippen molar-refractivity contribution in [2.24, 2.45) is 22.6 Å². The molecule has 1 aromatic heterocycles. The number of rotatable bonds is 3. The van der Waals surface area contributed by atoms with Crippen molar-refractivity contribution in [2.45, 2.75) is 36.2 Å². The number of nitrogens with two attached hydrogens (primary N) is 1. The number of fused-ring (bicyclic) bond motifs is 4. The number of benzene rings is 1. The second-order valence-corrected chi connectivity index (χ2v) is 11.1. The lowest BCUT2D eigenvalue weighted by Crippen LogP contribution is -2.50. The zero-order valence-corrected chi connectivity index (χ0v) is 19.9. The number of aromatic nitrogens is 1. The van der Waals surface area contributed by atoms with Crippen LogP contribution in [0.15, 0.2) is 41.5 Å². The summed E-state index contributed by atoms with van der Waals surface area (Å²) in [4.78, 5) is 24.1. The van der Waals surface area contributed by atoms with Crippen molar-refractivity contribution in [3.8, 4) is 6.07 Å². The Morgan fingerprint density at radius 1 is 1.37 bits per heavy atom. The lowest BCUT2D eigenvalue weighted by molar-refractivity contribution is -0.131. The number of nitrogens with zero attached hydrogens (tertiary/aromatic N) is 4. The number of carbonyl (C=O) groups is 1. The topological polar surface area (TPSA) is 95.4 Å². The number of nitriles is 1. The molecule has 2 fully saturated rings. The van der Waals surface area contributed by atoms with Crippen molar-refractivity contribution in [3.05, 3.63) is 64.5 Å². The van der Waals surface area contributed by atoms with Gasteiger partial charge >= 0.3 is 0 Å². The maximum atomic E-state index is 14.9. The van der Waals surface area contributed by atoms with E-state index < -0.39 is 22.3 Å². The Labute approximate surface area is 205 Å². The van der Waals surface area contributed by atoms with Crippen molar-refractivity contribution in [1.29, 1.82) is 5.26 Å². The fourth-order valence-electron chi connectivity index (χ4n) is 6.16. The van der Waals surface area contributed by atoms with Gasteiger partial charge < -0.3 is 10.6 Å². The third kappa shape index (κ3) is 3.16. The summed E-state index contributed by atoms with van der Waals surface area (Å²) >= 11 is 1.32. The average Bonchev–Trinajstić information content (AvgIpc) is 3.21. The fourth-order valence-corrected chi connectivity index (χ4v) is 7.71. The van der Waals surface area contributed by atoms with Gasteiger partial charge in [-0.15, -0.1) is 0 Å². The van der Waals surface area contributed by atoms with Gasteiger partial charge in [-0.25, -0.2) is 8.78 Å². The molecule has 35 heavy (non-hydrogen) atoms. The van der Waals surface area contributed by atoms with Crippen LogP contribution in [0.3, 0.4) is 0 Å². The van der Waals surface area contributed by atoms with Crippen LogP contribution < -0.4 is 5.73 Å². The molecule has 1 aromatic carbocycles. The first kappa shape index (κ1) is 22.2. The standard InChI is InChI=1S/C26H23F2N5OS/c1-14-22-25(32-24(30)35-26(14,22)23(34)33-7-6-18(27)13-33)10-17-4-2-15(8-19(17)25)9-20(28)21-5-3-16(11-29)12-31-21/h2-5,8-9,12,14,18,22H,6-7,10,13H2,1H3,(H2,30,32)/b20-9-/t14?,18-,22?,25+,26-/m0/s1. The van der Waals surface area contributed by atoms with E-state index in [0.29, 0.717) is 35.7 Å². The molecule has 6 nitrogen and oxygen atoms in total. The summed E-state index contributed by atoms with van der Waals surface area (Å²) in [5.41, 5.74) is 8.90. The Morgan fingerprint density at radius 2 is 2.20 bits per heavy atom. The number of amides is 1. The van der Waals surface area contributed by atoms with Crippen molar-refractivity contribution < 1.29 is 13.6 Å².